The van der Waals surface area contributed by atoms with Crippen molar-refractivity contribution in [2.45, 2.75) is 46.3 Å². The zero-order valence-corrected chi connectivity index (χ0v) is 17.7. The molecule has 1 aromatic rings. The van der Waals surface area contributed by atoms with E-state index >= 15 is 0 Å². The van der Waals surface area contributed by atoms with Gasteiger partial charge in [0.25, 0.3) is 0 Å². The van der Waals surface area contributed by atoms with Gasteiger partial charge in [-0.3, -0.25) is 4.99 Å². The molecule has 23 heavy (non-hydrogen) atoms. The highest BCUT2D eigenvalue weighted by molar-refractivity contribution is 14.0. The molecule has 0 aliphatic carbocycles. The maximum absolute atomic E-state index is 6.04. The number of aliphatic imine (C=N–C) groups is 1. The zero-order valence-electron chi connectivity index (χ0n) is 14.6. The van der Waals surface area contributed by atoms with Crippen molar-refractivity contribution in [2.75, 3.05) is 20.2 Å². The standard InChI is InChI=1S/C17H29N3OS.HI/c1-17(2,3)15-14(6-5-8-21-15)11-20-16(18-4)19-10-13-7-9-22-12-13;/h7,9,12,14-15H,5-6,8,10-11H2,1-4H3,(H2,18,19,20);1H. The van der Waals surface area contributed by atoms with Crippen LogP contribution in [-0.2, 0) is 11.3 Å². The van der Waals surface area contributed by atoms with Crippen molar-refractivity contribution in [3.8, 4) is 0 Å². The molecule has 1 aromatic heterocycles. The van der Waals surface area contributed by atoms with E-state index in [0.717, 1.165) is 32.1 Å². The van der Waals surface area contributed by atoms with Gasteiger partial charge in [0.1, 0.15) is 0 Å². The molecule has 0 amide bonds. The van der Waals surface area contributed by atoms with Crippen LogP contribution in [0.4, 0.5) is 0 Å². The topological polar surface area (TPSA) is 45.7 Å². The first-order valence-corrected chi connectivity index (χ1v) is 9.02. The van der Waals surface area contributed by atoms with Crippen LogP contribution in [0, 0.1) is 11.3 Å². The first-order valence-electron chi connectivity index (χ1n) is 8.08. The molecular weight excluding hydrogens is 421 g/mol. The van der Waals surface area contributed by atoms with Crippen LogP contribution in [0.1, 0.15) is 39.2 Å². The maximum atomic E-state index is 6.04. The Morgan fingerprint density at radius 3 is 2.78 bits per heavy atom. The SMILES string of the molecule is CN=C(NCc1ccsc1)NCC1CCCOC1C(C)(C)C.I. The Labute approximate surface area is 161 Å². The van der Waals surface area contributed by atoms with E-state index in [2.05, 4.69) is 53.2 Å². The van der Waals surface area contributed by atoms with Crippen molar-refractivity contribution in [1.29, 1.82) is 0 Å². The summed E-state index contributed by atoms with van der Waals surface area (Å²) in [4.78, 5) is 4.32. The Morgan fingerprint density at radius 1 is 1.39 bits per heavy atom. The number of thiophene rings is 1. The van der Waals surface area contributed by atoms with Gasteiger partial charge in [-0.25, -0.2) is 0 Å². The van der Waals surface area contributed by atoms with Gasteiger partial charge in [0.15, 0.2) is 5.96 Å². The Morgan fingerprint density at radius 2 is 2.17 bits per heavy atom. The molecule has 2 rings (SSSR count). The van der Waals surface area contributed by atoms with Crippen molar-refractivity contribution < 1.29 is 4.74 Å². The first-order chi connectivity index (χ1) is 10.5. The van der Waals surface area contributed by atoms with Crippen molar-refractivity contribution in [2.24, 2.45) is 16.3 Å². The van der Waals surface area contributed by atoms with Crippen molar-refractivity contribution in [3.63, 3.8) is 0 Å². The number of nitrogens with zero attached hydrogens (tertiary/aromatic N) is 1. The quantitative estimate of drug-likeness (QED) is 0.415. The molecule has 0 radical (unpaired) electrons. The number of hydrogen-bond acceptors (Lipinski definition) is 3. The normalized spacial score (nSPS) is 22.3. The van der Waals surface area contributed by atoms with Crippen LogP contribution in [0.5, 0.6) is 0 Å². The molecule has 0 saturated carbocycles. The predicted molar refractivity (Wildman–Crippen MR) is 110 cm³/mol. The molecule has 0 spiro atoms. The Hall–Kier alpha value is -0.340. The Bertz CT molecular complexity index is 471. The minimum Gasteiger partial charge on any atom is -0.377 e. The summed E-state index contributed by atoms with van der Waals surface area (Å²) < 4.78 is 6.04. The van der Waals surface area contributed by atoms with Gasteiger partial charge in [0.05, 0.1) is 6.10 Å². The lowest BCUT2D eigenvalue weighted by Gasteiger charge is -2.40. The smallest absolute Gasteiger partial charge is 0.191 e. The number of ether oxygens (including phenoxy) is 1. The van der Waals surface area contributed by atoms with Crippen LogP contribution in [0.2, 0.25) is 0 Å². The minimum atomic E-state index is 0. The maximum Gasteiger partial charge on any atom is 0.191 e. The summed E-state index contributed by atoms with van der Waals surface area (Å²) in [6.45, 7) is 9.40. The van der Waals surface area contributed by atoms with E-state index in [1.165, 1.54) is 12.0 Å². The fourth-order valence-corrected chi connectivity index (χ4v) is 3.71. The number of halogens is 1. The van der Waals surface area contributed by atoms with Gasteiger partial charge in [0.2, 0.25) is 0 Å². The van der Waals surface area contributed by atoms with E-state index in [0.29, 0.717) is 12.0 Å². The van der Waals surface area contributed by atoms with Crippen molar-refractivity contribution >= 4 is 41.3 Å². The van der Waals surface area contributed by atoms with E-state index in [1.807, 2.05) is 7.05 Å². The van der Waals surface area contributed by atoms with Crippen LogP contribution in [0.25, 0.3) is 0 Å². The second kappa shape index (κ2) is 9.84. The van der Waals surface area contributed by atoms with Crippen LogP contribution >= 0.6 is 35.3 Å². The average Bonchev–Trinajstić information content (AvgIpc) is 3.00. The minimum absolute atomic E-state index is 0. The molecule has 0 bridgehead atoms. The fraction of sp³-hybridized carbons (Fsp3) is 0.706. The molecule has 2 heterocycles. The van der Waals surface area contributed by atoms with Gasteiger partial charge in [-0.15, -0.1) is 24.0 Å². The van der Waals surface area contributed by atoms with Gasteiger partial charge < -0.3 is 15.4 Å². The molecular formula is C17H30IN3OS. The Balaban J connectivity index is 0.00000264. The summed E-state index contributed by atoms with van der Waals surface area (Å²) in [5, 5.41) is 11.1. The van der Waals surface area contributed by atoms with Crippen molar-refractivity contribution in [3.05, 3.63) is 22.4 Å². The van der Waals surface area contributed by atoms with Gasteiger partial charge in [-0.05, 0) is 40.6 Å². The van der Waals surface area contributed by atoms with Gasteiger partial charge in [0, 0.05) is 32.7 Å². The van der Waals surface area contributed by atoms with Crippen LogP contribution in [0.15, 0.2) is 21.8 Å². The average molecular weight is 451 g/mol. The first kappa shape index (κ1) is 20.7. The second-order valence-electron chi connectivity index (χ2n) is 7.00. The third-order valence-corrected chi connectivity index (χ3v) is 4.83. The molecule has 132 valence electrons. The molecule has 6 heteroatoms. The Kier molecular flexibility index (Phi) is 8.85. The highest BCUT2D eigenvalue weighted by Crippen LogP contribution is 2.33. The lowest BCUT2D eigenvalue weighted by molar-refractivity contribution is -0.0835. The van der Waals surface area contributed by atoms with Crippen LogP contribution in [0.3, 0.4) is 0 Å². The number of guanidine groups is 1. The lowest BCUT2D eigenvalue weighted by Crippen LogP contribution is -2.47. The predicted octanol–water partition coefficient (Wildman–Crippen LogP) is 3.87. The largest absolute Gasteiger partial charge is 0.377 e. The van der Waals surface area contributed by atoms with E-state index in [4.69, 9.17) is 4.74 Å². The number of nitrogens with one attached hydrogen (secondary N) is 2. The molecule has 1 saturated heterocycles. The van der Waals surface area contributed by atoms with Gasteiger partial charge in [-0.1, -0.05) is 20.8 Å². The third-order valence-electron chi connectivity index (χ3n) is 4.09. The molecule has 2 N–H and O–H groups in total. The fourth-order valence-electron chi connectivity index (χ4n) is 3.04. The van der Waals surface area contributed by atoms with Crippen LogP contribution < -0.4 is 10.6 Å². The second-order valence-corrected chi connectivity index (χ2v) is 7.78. The van der Waals surface area contributed by atoms with E-state index in [-0.39, 0.29) is 29.4 Å². The van der Waals surface area contributed by atoms with Gasteiger partial charge >= 0.3 is 0 Å². The monoisotopic (exact) mass is 451 g/mol. The summed E-state index contributed by atoms with van der Waals surface area (Å²) in [6.07, 6.45) is 2.68. The highest BCUT2D eigenvalue weighted by Gasteiger charge is 2.35. The summed E-state index contributed by atoms with van der Waals surface area (Å²) in [6, 6.07) is 2.13. The molecule has 2 unspecified atom stereocenters. The summed E-state index contributed by atoms with van der Waals surface area (Å²) >= 11 is 1.72. The summed E-state index contributed by atoms with van der Waals surface area (Å²) in [5.74, 6) is 1.40. The molecule has 1 aliphatic heterocycles. The molecule has 1 aliphatic rings. The number of rotatable bonds is 4. The van der Waals surface area contributed by atoms with E-state index < -0.39 is 0 Å². The highest BCUT2D eigenvalue weighted by atomic mass is 127. The summed E-state index contributed by atoms with van der Waals surface area (Å²) in [5.41, 5.74) is 1.47. The zero-order chi connectivity index (χ0) is 16.0. The van der Waals surface area contributed by atoms with Crippen molar-refractivity contribution in [1.82, 2.24) is 10.6 Å². The van der Waals surface area contributed by atoms with Gasteiger partial charge in [-0.2, -0.15) is 11.3 Å². The van der Waals surface area contributed by atoms with E-state index in [9.17, 15) is 0 Å². The molecule has 0 aromatic carbocycles. The van der Waals surface area contributed by atoms with E-state index in [1.54, 1.807) is 11.3 Å². The lowest BCUT2D eigenvalue weighted by atomic mass is 9.78. The molecule has 4 nitrogen and oxygen atoms in total. The molecule has 2 atom stereocenters. The summed E-state index contributed by atoms with van der Waals surface area (Å²) in [7, 11) is 1.82. The molecule has 1 fully saturated rings. The number of hydrogen-bond donors (Lipinski definition) is 2. The van der Waals surface area contributed by atoms with Crippen LogP contribution in [-0.4, -0.2) is 32.3 Å². The third kappa shape index (κ3) is 6.58.